The van der Waals surface area contributed by atoms with Gasteiger partial charge in [-0.1, -0.05) is 41.9 Å². The number of benzene rings is 2. The fraction of sp³-hybridized carbons (Fsp3) is 0.379. The van der Waals surface area contributed by atoms with Crippen LogP contribution in [0.1, 0.15) is 32.3 Å². The van der Waals surface area contributed by atoms with Crippen molar-refractivity contribution >= 4 is 28.7 Å². The molecule has 3 heterocycles. The Hall–Kier alpha value is -3.69. The fourth-order valence-electron chi connectivity index (χ4n) is 4.77. The number of amides is 1. The first kappa shape index (κ1) is 25.6. The van der Waals surface area contributed by atoms with Crippen LogP contribution in [0.25, 0.3) is 22.6 Å². The van der Waals surface area contributed by atoms with E-state index in [1.807, 2.05) is 46.7 Å². The molecule has 2 aromatic carbocycles. The molecule has 2 fully saturated rings. The molecule has 4 aromatic rings. The Morgan fingerprint density at radius 1 is 1.15 bits per heavy atom. The number of carbonyl (C=O) groups is 1. The van der Waals surface area contributed by atoms with Crippen LogP contribution < -0.4 is 14.8 Å². The van der Waals surface area contributed by atoms with E-state index >= 15 is 0 Å². The smallest absolute Gasteiger partial charge is 0.245 e. The Labute approximate surface area is 232 Å². The molecule has 0 radical (unpaired) electrons. The molecule has 39 heavy (non-hydrogen) atoms. The molecule has 1 saturated heterocycles. The summed E-state index contributed by atoms with van der Waals surface area (Å²) in [4.78, 5) is 28.1. The minimum Gasteiger partial charge on any atom is -0.492 e. The molecule has 202 valence electrons. The van der Waals surface area contributed by atoms with E-state index in [2.05, 4.69) is 34.3 Å². The van der Waals surface area contributed by atoms with Crippen LogP contribution in [0.5, 0.6) is 11.6 Å². The molecule has 1 aliphatic heterocycles. The van der Waals surface area contributed by atoms with Crippen molar-refractivity contribution in [3.63, 3.8) is 0 Å². The van der Waals surface area contributed by atoms with Crippen molar-refractivity contribution in [2.24, 2.45) is 0 Å². The van der Waals surface area contributed by atoms with Crippen molar-refractivity contribution in [1.82, 2.24) is 29.7 Å². The summed E-state index contributed by atoms with van der Waals surface area (Å²) in [7, 11) is 0. The molecule has 0 spiro atoms. The standard InChI is InChI=1S/C29H31ClN6O3/c1-19-28(37)35(13-12-31-19)14-15-38-21-8-9-22(23(30)16-21)25-34-24-26(36(25)17-20-6-4-3-5-7-20)32-18-33-27(24)39-29(2)10-11-29/h3-9,16,18-19,31H,10-15,17H2,1-2H3/t19-/m1/s1. The lowest BCUT2D eigenvalue weighted by Crippen LogP contribution is -2.54. The molecular formula is C29H31ClN6O3. The zero-order valence-corrected chi connectivity index (χ0v) is 22.8. The summed E-state index contributed by atoms with van der Waals surface area (Å²) in [5, 5.41) is 3.68. The van der Waals surface area contributed by atoms with E-state index in [4.69, 9.17) is 26.1 Å². The van der Waals surface area contributed by atoms with Crippen LogP contribution in [0.15, 0.2) is 54.9 Å². The van der Waals surface area contributed by atoms with Gasteiger partial charge in [0.25, 0.3) is 0 Å². The van der Waals surface area contributed by atoms with Gasteiger partial charge in [0.05, 0.1) is 24.2 Å². The Morgan fingerprint density at radius 2 is 1.97 bits per heavy atom. The van der Waals surface area contributed by atoms with Crippen molar-refractivity contribution < 1.29 is 14.3 Å². The predicted octanol–water partition coefficient (Wildman–Crippen LogP) is 4.33. The minimum absolute atomic E-state index is 0.0951. The molecule has 1 atom stereocenters. The van der Waals surface area contributed by atoms with Gasteiger partial charge in [-0.15, -0.1) is 0 Å². The van der Waals surface area contributed by atoms with Crippen molar-refractivity contribution in [1.29, 1.82) is 0 Å². The summed E-state index contributed by atoms with van der Waals surface area (Å²) < 4.78 is 14.2. The van der Waals surface area contributed by atoms with Crippen LogP contribution in [0.2, 0.25) is 5.02 Å². The number of imidazole rings is 1. The maximum atomic E-state index is 12.3. The average molecular weight is 547 g/mol. The van der Waals surface area contributed by atoms with Gasteiger partial charge in [0.1, 0.15) is 30.1 Å². The first-order chi connectivity index (χ1) is 18.9. The van der Waals surface area contributed by atoms with Gasteiger partial charge >= 0.3 is 0 Å². The number of hydrogen-bond acceptors (Lipinski definition) is 7. The molecule has 2 aliphatic rings. The molecular weight excluding hydrogens is 516 g/mol. The van der Waals surface area contributed by atoms with E-state index in [-0.39, 0.29) is 17.6 Å². The number of carbonyl (C=O) groups excluding carboxylic acids is 1. The van der Waals surface area contributed by atoms with E-state index < -0.39 is 0 Å². The van der Waals surface area contributed by atoms with Gasteiger partial charge in [-0.3, -0.25) is 4.79 Å². The highest BCUT2D eigenvalue weighted by Gasteiger charge is 2.41. The molecule has 1 N–H and O–H groups in total. The highest BCUT2D eigenvalue weighted by atomic mass is 35.5. The monoisotopic (exact) mass is 546 g/mol. The van der Waals surface area contributed by atoms with E-state index in [9.17, 15) is 4.79 Å². The highest BCUT2D eigenvalue weighted by Crippen LogP contribution is 2.41. The summed E-state index contributed by atoms with van der Waals surface area (Å²) >= 11 is 6.82. The second-order valence-electron chi connectivity index (χ2n) is 10.4. The summed E-state index contributed by atoms with van der Waals surface area (Å²) in [6.45, 7) is 6.90. The summed E-state index contributed by atoms with van der Waals surface area (Å²) in [6.07, 6.45) is 3.51. The van der Waals surface area contributed by atoms with Gasteiger partial charge < -0.3 is 24.3 Å². The number of nitrogens with one attached hydrogen (secondary N) is 1. The molecule has 1 aliphatic carbocycles. The van der Waals surface area contributed by atoms with Crippen molar-refractivity contribution in [2.45, 2.75) is 44.9 Å². The third kappa shape index (κ3) is 5.42. The van der Waals surface area contributed by atoms with E-state index in [0.717, 1.165) is 30.5 Å². The van der Waals surface area contributed by atoms with Crippen LogP contribution in [0.4, 0.5) is 0 Å². The number of rotatable bonds is 9. The Kier molecular flexibility index (Phi) is 6.86. The SMILES string of the molecule is C[C@H]1NCCN(CCOc2ccc(-c3nc4c(OC5(C)CC5)ncnc4n3Cc3ccccc3)c(Cl)c2)C1=O. The summed E-state index contributed by atoms with van der Waals surface area (Å²) in [5.41, 5.74) is 2.97. The zero-order chi connectivity index (χ0) is 27.0. The lowest BCUT2D eigenvalue weighted by atomic mass is 10.2. The lowest BCUT2D eigenvalue weighted by molar-refractivity contribution is -0.135. The molecule has 0 unspecified atom stereocenters. The van der Waals surface area contributed by atoms with Gasteiger partial charge in [0.15, 0.2) is 11.2 Å². The van der Waals surface area contributed by atoms with Crippen LogP contribution in [-0.2, 0) is 11.3 Å². The highest BCUT2D eigenvalue weighted by molar-refractivity contribution is 6.33. The maximum Gasteiger partial charge on any atom is 0.245 e. The third-order valence-electron chi connectivity index (χ3n) is 7.30. The predicted molar refractivity (Wildman–Crippen MR) is 149 cm³/mol. The average Bonchev–Trinajstić information content (AvgIpc) is 3.55. The molecule has 1 amide bonds. The Bertz CT molecular complexity index is 1500. The van der Waals surface area contributed by atoms with Gasteiger partial charge in [0.2, 0.25) is 11.8 Å². The van der Waals surface area contributed by atoms with E-state index in [1.165, 1.54) is 6.33 Å². The summed E-state index contributed by atoms with van der Waals surface area (Å²) in [6, 6.07) is 15.6. The second-order valence-corrected chi connectivity index (χ2v) is 10.8. The molecule has 2 aromatic heterocycles. The van der Waals surface area contributed by atoms with Gasteiger partial charge in [0, 0.05) is 18.7 Å². The number of halogens is 1. The lowest BCUT2D eigenvalue weighted by Gasteiger charge is -2.31. The maximum absolute atomic E-state index is 12.3. The zero-order valence-electron chi connectivity index (χ0n) is 22.1. The van der Waals surface area contributed by atoms with Crippen LogP contribution in [0, 0.1) is 0 Å². The number of nitrogens with zero attached hydrogens (tertiary/aromatic N) is 5. The van der Waals surface area contributed by atoms with Crippen molar-refractivity contribution in [3.8, 4) is 23.0 Å². The molecule has 10 heteroatoms. The van der Waals surface area contributed by atoms with Gasteiger partial charge in [-0.25, -0.2) is 9.97 Å². The molecule has 1 saturated carbocycles. The van der Waals surface area contributed by atoms with Crippen molar-refractivity contribution in [3.05, 3.63) is 65.4 Å². The first-order valence-corrected chi connectivity index (χ1v) is 13.7. The minimum atomic E-state index is -0.200. The Morgan fingerprint density at radius 3 is 2.74 bits per heavy atom. The van der Waals surface area contributed by atoms with Crippen LogP contribution >= 0.6 is 11.6 Å². The number of ether oxygens (including phenoxy) is 2. The van der Waals surface area contributed by atoms with Gasteiger partial charge in [-0.05, 0) is 50.5 Å². The Balaban J connectivity index is 1.29. The molecule has 6 rings (SSSR count). The van der Waals surface area contributed by atoms with E-state index in [1.54, 1.807) is 6.07 Å². The normalized spacial score (nSPS) is 18.4. The third-order valence-corrected chi connectivity index (χ3v) is 7.62. The van der Waals surface area contributed by atoms with Crippen LogP contribution in [-0.4, -0.2) is 68.2 Å². The van der Waals surface area contributed by atoms with Crippen molar-refractivity contribution in [2.75, 3.05) is 26.2 Å². The number of fused-ring (bicyclic) bond motifs is 1. The summed E-state index contributed by atoms with van der Waals surface area (Å²) in [5.74, 6) is 1.89. The topological polar surface area (TPSA) is 94.4 Å². The van der Waals surface area contributed by atoms with E-state index in [0.29, 0.717) is 59.9 Å². The number of aromatic nitrogens is 4. The largest absolute Gasteiger partial charge is 0.492 e. The van der Waals surface area contributed by atoms with Crippen LogP contribution in [0.3, 0.4) is 0 Å². The fourth-order valence-corrected chi connectivity index (χ4v) is 5.03. The number of hydrogen-bond donors (Lipinski definition) is 1. The molecule has 9 nitrogen and oxygen atoms in total. The quantitative estimate of drug-likeness (QED) is 0.334. The second kappa shape index (κ2) is 10.5. The first-order valence-electron chi connectivity index (χ1n) is 13.3. The van der Waals surface area contributed by atoms with Gasteiger partial charge in [-0.2, -0.15) is 4.98 Å². The molecule has 0 bridgehead atoms. The number of piperazine rings is 1.